The zero-order valence-corrected chi connectivity index (χ0v) is 9.33. The quantitative estimate of drug-likeness (QED) is 0.815. The van der Waals surface area contributed by atoms with Gasteiger partial charge in [-0.05, 0) is 17.7 Å². The molecule has 0 spiro atoms. The van der Waals surface area contributed by atoms with E-state index in [4.69, 9.17) is 46.4 Å². The van der Waals surface area contributed by atoms with E-state index in [9.17, 15) is 0 Å². The Hall–Kier alpha value is -0.820. The van der Waals surface area contributed by atoms with Crippen molar-refractivity contribution in [3.05, 3.63) is 33.8 Å². The molecule has 0 saturated heterocycles. The number of hydrogen-bond donors (Lipinski definition) is 1. The molecule has 2 N–H and O–H groups in total. The second kappa shape index (κ2) is 4.61. The molecule has 0 fully saturated rings. The van der Waals surface area contributed by atoms with Crippen molar-refractivity contribution >= 4 is 40.4 Å². The van der Waals surface area contributed by atoms with Gasteiger partial charge in [-0.25, -0.2) is 0 Å². The minimum atomic E-state index is -0.611. The van der Waals surface area contributed by atoms with E-state index in [-0.39, 0.29) is 4.99 Å². The van der Waals surface area contributed by atoms with Crippen molar-refractivity contribution in [3.63, 3.8) is 0 Å². The molecule has 14 heavy (non-hydrogen) atoms. The van der Waals surface area contributed by atoms with Crippen molar-refractivity contribution in [3.8, 4) is 6.07 Å². The van der Waals surface area contributed by atoms with Gasteiger partial charge in [-0.15, -0.1) is 0 Å². The van der Waals surface area contributed by atoms with Gasteiger partial charge in [-0.3, -0.25) is 0 Å². The lowest BCUT2D eigenvalue weighted by Crippen LogP contribution is -2.17. The molecule has 1 aromatic rings. The SMILES string of the molecule is N#CC(C(N)=S)c1ccc(Cl)c(Cl)c1. The van der Waals surface area contributed by atoms with E-state index >= 15 is 0 Å². The van der Waals surface area contributed by atoms with E-state index in [1.165, 1.54) is 0 Å². The highest BCUT2D eigenvalue weighted by Crippen LogP contribution is 2.26. The Balaban J connectivity index is 3.14. The number of benzene rings is 1. The van der Waals surface area contributed by atoms with Crippen LogP contribution in [0.5, 0.6) is 0 Å². The largest absolute Gasteiger partial charge is 0.392 e. The molecule has 1 rings (SSSR count). The maximum atomic E-state index is 8.82. The zero-order valence-electron chi connectivity index (χ0n) is 7.00. The molecule has 2 nitrogen and oxygen atoms in total. The summed E-state index contributed by atoms with van der Waals surface area (Å²) in [6.45, 7) is 0. The molecule has 0 radical (unpaired) electrons. The van der Waals surface area contributed by atoms with E-state index in [1.54, 1.807) is 18.2 Å². The van der Waals surface area contributed by atoms with Crippen molar-refractivity contribution in [2.75, 3.05) is 0 Å². The number of hydrogen-bond acceptors (Lipinski definition) is 2. The van der Waals surface area contributed by atoms with Crippen LogP contribution in [0.25, 0.3) is 0 Å². The van der Waals surface area contributed by atoms with E-state index in [0.29, 0.717) is 15.6 Å². The minimum Gasteiger partial charge on any atom is -0.392 e. The van der Waals surface area contributed by atoms with Gasteiger partial charge in [0.1, 0.15) is 5.92 Å². The van der Waals surface area contributed by atoms with Crippen molar-refractivity contribution in [1.82, 2.24) is 0 Å². The highest BCUT2D eigenvalue weighted by atomic mass is 35.5. The first-order valence-electron chi connectivity index (χ1n) is 3.70. The number of rotatable bonds is 2. The molecule has 0 aliphatic heterocycles. The van der Waals surface area contributed by atoms with Crippen molar-refractivity contribution in [2.24, 2.45) is 5.73 Å². The predicted molar refractivity (Wildman–Crippen MR) is 61.6 cm³/mol. The van der Waals surface area contributed by atoms with Gasteiger partial charge < -0.3 is 5.73 Å². The van der Waals surface area contributed by atoms with Gasteiger partial charge in [-0.1, -0.05) is 41.5 Å². The lowest BCUT2D eigenvalue weighted by molar-refractivity contribution is 1.15. The Morgan fingerprint density at radius 1 is 1.43 bits per heavy atom. The summed E-state index contributed by atoms with van der Waals surface area (Å²) in [5.74, 6) is -0.611. The van der Waals surface area contributed by atoms with E-state index in [1.807, 2.05) is 6.07 Å². The van der Waals surface area contributed by atoms with Gasteiger partial charge in [0.15, 0.2) is 0 Å². The summed E-state index contributed by atoms with van der Waals surface area (Å²) in [7, 11) is 0. The van der Waals surface area contributed by atoms with Crippen LogP contribution in [0.4, 0.5) is 0 Å². The van der Waals surface area contributed by atoms with Crippen LogP contribution in [0.1, 0.15) is 11.5 Å². The van der Waals surface area contributed by atoms with E-state index < -0.39 is 5.92 Å². The van der Waals surface area contributed by atoms with Crippen LogP contribution in [0, 0.1) is 11.3 Å². The molecule has 1 unspecified atom stereocenters. The number of nitrogens with two attached hydrogens (primary N) is 1. The average molecular weight is 245 g/mol. The normalized spacial score (nSPS) is 11.8. The van der Waals surface area contributed by atoms with E-state index in [0.717, 1.165) is 0 Å². The Labute approximate surface area is 97.2 Å². The van der Waals surface area contributed by atoms with Crippen LogP contribution in [0.15, 0.2) is 18.2 Å². The lowest BCUT2D eigenvalue weighted by atomic mass is 10.0. The van der Waals surface area contributed by atoms with Crippen LogP contribution in [0.2, 0.25) is 10.0 Å². The Morgan fingerprint density at radius 2 is 2.07 bits per heavy atom. The smallest absolute Gasteiger partial charge is 0.121 e. The van der Waals surface area contributed by atoms with Crippen molar-refractivity contribution in [1.29, 1.82) is 5.26 Å². The second-order valence-electron chi connectivity index (χ2n) is 2.64. The van der Waals surface area contributed by atoms with Crippen LogP contribution < -0.4 is 5.73 Å². The number of nitrogens with zero attached hydrogens (tertiary/aromatic N) is 1. The lowest BCUT2D eigenvalue weighted by Gasteiger charge is -2.07. The summed E-state index contributed by atoms with van der Waals surface area (Å²) in [4.78, 5) is 0.130. The Morgan fingerprint density at radius 3 is 2.50 bits per heavy atom. The first-order valence-corrected chi connectivity index (χ1v) is 4.86. The zero-order chi connectivity index (χ0) is 10.7. The molecular formula is C9H6Cl2N2S. The summed E-state index contributed by atoms with van der Waals surface area (Å²) < 4.78 is 0. The fourth-order valence-electron chi connectivity index (χ4n) is 0.994. The molecular weight excluding hydrogens is 239 g/mol. The first-order chi connectivity index (χ1) is 6.56. The molecule has 72 valence electrons. The van der Waals surface area contributed by atoms with Crippen LogP contribution in [-0.2, 0) is 0 Å². The van der Waals surface area contributed by atoms with Crippen LogP contribution in [0.3, 0.4) is 0 Å². The Bertz CT molecular complexity index is 412. The summed E-state index contributed by atoms with van der Waals surface area (Å²) in [6.07, 6.45) is 0. The second-order valence-corrected chi connectivity index (χ2v) is 3.92. The molecule has 0 aromatic heterocycles. The average Bonchev–Trinajstić information content (AvgIpc) is 2.11. The molecule has 0 heterocycles. The number of thiocarbonyl (C=S) groups is 1. The maximum Gasteiger partial charge on any atom is 0.121 e. The number of halogens is 2. The third-order valence-electron chi connectivity index (χ3n) is 1.69. The van der Waals surface area contributed by atoms with Gasteiger partial charge in [0.25, 0.3) is 0 Å². The molecule has 1 atom stereocenters. The maximum absolute atomic E-state index is 8.82. The third-order valence-corrected chi connectivity index (χ3v) is 2.67. The molecule has 0 saturated carbocycles. The van der Waals surface area contributed by atoms with Gasteiger partial charge in [-0.2, -0.15) is 5.26 Å². The standard InChI is InChI=1S/C9H6Cl2N2S/c10-7-2-1-5(3-8(7)11)6(4-12)9(13)14/h1-3,6H,(H2,13,14). The molecule has 0 bridgehead atoms. The molecule has 0 aliphatic rings. The minimum absolute atomic E-state index is 0.130. The summed E-state index contributed by atoms with van der Waals surface area (Å²) >= 11 is 16.3. The van der Waals surface area contributed by atoms with Crippen molar-refractivity contribution < 1.29 is 0 Å². The van der Waals surface area contributed by atoms with Crippen LogP contribution >= 0.6 is 35.4 Å². The first kappa shape index (κ1) is 11.3. The molecule has 5 heteroatoms. The molecule has 1 aromatic carbocycles. The Kier molecular flexibility index (Phi) is 3.70. The fourth-order valence-corrected chi connectivity index (χ4v) is 1.49. The summed E-state index contributed by atoms with van der Waals surface area (Å²) in [6, 6.07) is 6.89. The van der Waals surface area contributed by atoms with Gasteiger partial charge in [0, 0.05) is 0 Å². The molecule has 0 amide bonds. The highest BCUT2D eigenvalue weighted by Gasteiger charge is 2.14. The number of nitriles is 1. The van der Waals surface area contributed by atoms with Gasteiger partial charge in [0.05, 0.1) is 21.1 Å². The van der Waals surface area contributed by atoms with Gasteiger partial charge in [0.2, 0.25) is 0 Å². The third kappa shape index (κ3) is 2.36. The highest BCUT2D eigenvalue weighted by molar-refractivity contribution is 7.80. The van der Waals surface area contributed by atoms with Crippen molar-refractivity contribution in [2.45, 2.75) is 5.92 Å². The summed E-state index contributed by atoms with van der Waals surface area (Å²) in [5, 5.41) is 9.65. The van der Waals surface area contributed by atoms with E-state index in [2.05, 4.69) is 0 Å². The monoisotopic (exact) mass is 244 g/mol. The predicted octanol–water partition coefficient (Wildman–Crippen LogP) is 2.89. The summed E-state index contributed by atoms with van der Waals surface area (Å²) in [5.41, 5.74) is 6.06. The fraction of sp³-hybridized carbons (Fsp3) is 0.111. The molecule has 0 aliphatic carbocycles. The van der Waals surface area contributed by atoms with Crippen LogP contribution in [-0.4, -0.2) is 4.99 Å². The van der Waals surface area contributed by atoms with Gasteiger partial charge >= 0.3 is 0 Å². The topological polar surface area (TPSA) is 49.8 Å².